The van der Waals surface area contributed by atoms with Crippen LogP contribution in [0.5, 0.6) is 5.75 Å². The van der Waals surface area contributed by atoms with Crippen LogP contribution in [-0.2, 0) is 11.3 Å². The molecular formula is C20H18N4O2. The van der Waals surface area contributed by atoms with E-state index in [0.29, 0.717) is 11.4 Å². The van der Waals surface area contributed by atoms with Gasteiger partial charge in [-0.15, -0.1) is 0 Å². The first-order chi connectivity index (χ1) is 12.6. The molecular weight excluding hydrogens is 328 g/mol. The molecule has 6 nitrogen and oxygen atoms in total. The number of amides is 1. The van der Waals surface area contributed by atoms with Gasteiger partial charge < -0.3 is 10.1 Å². The number of aromatic nitrogens is 2. The van der Waals surface area contributed by atoms with Crippen molar-refractivity contribution < 1.29 is 9.53 Å². The minimum absolute atomic E-state index is 0.0276. The monoisotopic (exact) mass is 346 g/mol. The van der Waals surface area contributed by atoms with Crippen LogP contribution in [0.25, 0.3) is 16.6 Å². The molecule has 1 amide bonds. The lowest BCUT2D eigenvalue weighted by atomic mass is 10.2. The number of nitrogens with zero attached hydrogens (tertiary/aromatic N) is 3. The maximum Gasteiger partial charge on any atom is 0.243 e. The Hall–Kier alpha value is -3.59. The summed E-state index contributed by atoms with van der Waals surface area (Å²) >= 11 is 0. The number of carbonyl (C=O) groups excluding carboxylic acids is 1. The van der Waals surface area contributed by atoms with E-state index in [4.69, 9.17) is 10.00 Å². The maximum absolute atomic E-state index is 11.5. The van der Waals surface area contributed by atoms with Crippen molar-refractivity contribution in [3.8, 4) is 17.5 Å². The highest BCUT2D eigenvalue weighted by Crippen LogP contribution is 2.26. The number of nitriles is 1. The Bertz CT molecular complexity index is 997. The van der Waals surface area contributed by atoms with Gasteiger partial charge in [-0.3, -0.25) is 4.79 Å². The lowest BCUT2D eigenvalue weighted by Gasteiger charge is -2.05. The Morgan fingerprint density at radius 2 is 2.12 bits per heavy atom. The van der Waals surface area contributed by atoms with Crippen molar-refractivity contribution >= 4 is 16.8 Å². The van der Waals surface area contributed by atoms with Crippen LogP contribution < -0.4 is 10.1 Å². The lowest BCUT2D eigenvalue weighted by Crippen LogP contribution is -2.20. The second-order valence-corrected chi connectivity index (χ2v) is 5.74. The minimum Gasteiger partial charge on any atom is -0.479 e. The summed E-state index contributed by atoms with van der Waals surface area (Å²) in [5.41, 5.74) is 3.68. The van der Waals surface area contributed by atoms with Gasteiger partial charge in [0.15, 0.2) is 6.61 Å². The number of rotatable bonds is 6. The Kier molecular flexibility index (Phi) is 4.99. The molecule has 0 spiro atoms. The Morgan fingerprint density at radius 1 is 1.35 bits per heavy atom. The zero-order valence-electron chi connectivity index (χ0n) is 14.4. The average molecular weight is 346 g/mol. The van der Waals surface area contributed by atoms with Crippen molar-refractivity contribution in [1.82, 2.24) is 15.1 Å². The van der Waals surface area contributed by atoms with Gasteiger partial charge in [0.25, 0.3) is 0 Å². The third-order valence-corrected chi connectivity index (χ3v) is 3.93. The fraction of sp³-hybridized carbons (Fsp3) is 0.150. The number of hydrogen-bond acceptors (Lipinski definition) is 4. The van der Waals surface area contributed by atoms with Crippen LogP contribution in [-0.4, -0.2) is 22.3 Å². The zero-order valence-corrected chi connectivity index (χ0v) is 14.4. The third-order valence-electron chi connectivity index (χ3n) is 3.93. The third kappa shape index (κ3) is 3.57. The predicted octanol–water partition coefficient (Wildman–Crippen LogP) is 3.04. The normalized spacial score (nSPS) is 10.3. The Morgan fingerprint density at radius 3 is 2.81 bits per heavy atom. The van der Waals surface area contributed by atoms with E-state index >= 15 is 0 Å². The smallest absolute Gasteiger partial charge is 0.243 e. The first-order valence-electron chi connectivity index (χ1n) is 8.11. The van der Waals surface area contributed by atoms with Crippen molar-refractivity contribution in [2.45, 2.75) is 13.5 Å². The number of aryl methyl sites for hydroxylation is 1. The minimum atomic E-state index is -0.264. The van der Waals surface area contributed by atoms with E-state index in [0.717, 1.165) is 22.2 Å². The quantitative estimate of drug-likeness (QED) is 0.696. The molecule has 1 aromatic heterocycles. The molecule has 1 N–H and O–H groups in total. The van der Waals surface area contributed by atoms with Crippen molar-refractivity contribution in [3.05, 3.63) is 66.4 Å². The van der Waals surface area contributed by atoms with Gasteiger partial charge in [-0.1, -0.05) is 24.3 Å². The van der Waals surface area contributed by atoms with Gasteiger partial charge in [-0.2, -0.15) is 10.4 Å². The second kappa shape index (κ2) is 7.53. The van der Waals surface area contributed by atoms with Crippen molar-refractivity contribution in [3.63, 3.8) is 0 Å². The standard InChI is InChI=1S/C20H18N4O2/c1-3-20(25)22-13-18-17-12-16(26-11-10-21)8-9-19(17)24(23-18)15-6-4-14(2)5-7-15/h3-9,12H,1,11,13H2,2H3,(H,22,25). The van der Waals surface area contributed by atoms with Crippen LogP contribution >= 0.6 is 0 Å². The van der Waals surface area contributed by atoms with Crippen LogP contribution in [0.4, 0.5) is 0 Å². The first-order valence-corrected chi connectivity index (χ1v) is 8.11. The number of carbonyl (C=O) groups is 1. The highest BCUT2D eigenvalue weighted by Gasteiger charge is 2.13. The molecule has 130 valence electrons. The molecule has 1 heterocycles. The Balaban J connectivity index is 2.07. The molecule has 0 fully saturated rings. The molecule has 0 saturated heterocycles. The molecule has 0 bridgehead atoms. The van der Waals surface area contributed by atoms with Crippen molar-refractivity contribution in [2.75, 3.05) is 6.61 Å². The van der Waals surface area contributed by atoms with Crippen LogP contribution in [0.1, 0.15) is 11.3 Å². The van der Waals surface area contributed by atoms with Gasteiger partial charge in [0.2, 0.25) is 5.91 Å². The van der Waals surface area contributed by atoms with Gasteiger partial charge in [-0.05, 0) is 43.3 Å². The first kappa shape index (κ1) is 17.2. The van der Waals surface area contributed by atoms with Crippen molar-refractivity contribution in [2.24, 2.45) is 0 Å². The fourth-order valence-electron chi connectivity index (χ4n) is 2.62. The highest BCUT2D eigenvalue weighted by molar-refractivity contribution is 5.88. The van der Waals surface area contributed by atoms with Crippen LogP contribution in [0.3, 0.4) is 0 Å². The van der Waals surface area contributed by atoms with Gasteiger partial charge in [0, 0.05) is 5.39 Å². The van der Waals surface area contributed by atoms with E-state index in [1.807, 2.05) is 54.1 Å². The molecule has 0 atom stereocenters. The van der Waals surface area contributed by atoms with Gasteiger partial charge in [0.05, 0.1) is 23.4 Å². The van der Waals surface area contributed by atoms with E-state index in [-0.39, 0.29) is 19.1 Å². The molecule has 0 unspecified atom stereocenters. The summed E-state index contributed by atoms with van der Waals surface area (Å²) < 4.78 is 7.23. The molecule has 6 heteroatoms. The van der Waals surface area contributed by atoms with E-state index in [1.54, 1.807) is 6.07 Å². The number of ether oxygens (including phenoxy) is 1. The molecule has 0 saturated carbocycles. The van der Waals surface area contributed by atoms with Crippen LogP contribution in [0.15, 0.2) is 55.1 Å². The van der Waals surface area contributed by atoms with Gasteiger partial charge >= 0.3 is 0 Å². The second-order valence-electron chi connectivity index (χ2n) is 5.74. The number of benzene rings is 2. The summed E-state index contributed by atoms with van der Waals surface area (Å²) in [5.74, 6) is 0.318. The SMILES string of the molecule is C=CC(=O)NCc1nn(-c2ccc(C)cc2)c2ccc(OCC#N)cc12. The molecule has 0 aliphatic heterocycles. The molecule has 0 aliphatic rings. The highest BCUT2D eigenvalue weighted by atomic mass is 16.5. The van der Waals surface area contributed by atoms with E-state index in [2.05, 4.69) is 17.0 Å². The topological polar surface area (TPSA) is 79.9 Å². The zero-order chi connectivity index (χ0) is 18.5. The van der Waals surface area contributed by atoms with Crippen LogP contribution in [0.2, 0.25) is 0 Å². The van der Waals surface area contributed by atoms with Crippen molar-refractivity contribution in [1.29, 1.82) is 5.26 Å². The summed E-state index contributed by atoms with van der Waals surface area (Å²) in [6.07, 6.45) is 1.22. The molecule has 3 aromatic rings. The summed E-state index contributed by atoms with van der Waals surface area (Å²) in [5, 5.41) is 17.0. The fourth-order valence-corrected chi connectivity index (χ4v) is 2.62. The van der Waals surface area contributed by atoms with E-state index < -0.39 is 0 Å². The maximum atomic E-state index is 11.5. The van der Waals surface area contributed by atoms with E-state index in [9.17, 15) is 4.79 Å². The number of fused-ring (bicyclic) bond motifs is 1. The van der Waals surface area contributed by atoms with Gasteiger partial charge in [-0.25, -0.2) is 4.68 Å². The lowest BCUT2D eigenvalue weighted by molar-refractivity contribution is -0.116. The summed E-state index contributed by atoms with van der Waals surface area (Å²) in [6.45, 7) is 5.72. The molecule has 26 heavy (non-hydrogen) atoms. The number of hydrogen-bond donors (Lipinski definition) is 1. The summed E-state index contributed by atoms with van der Waals surface area (Å²) in [4.78, 5) is 11.5. The van der Waals surface area contributed by atoms with Crippen LogP contribution in [0, 0.1) is 18.3 Å². The number of nitrogens with one attached hydrogen (secondary N) is 1. The van der Waals surface area contributed by atoms with Gasteiger partial charge in [0.1, 0.15) is 11.8 Å². The largest absolute Gasteiger partial charge is 0.479 e. The Labute approximate surface area is 151 Å². The molecule has 3 rings (SSSR count). The molecule has 0 aliphatic carbocycles. The van der Waals surface area contributed by atoms with E-state index in [1.165, 1.54) is 6.08 Å². The average Bonchev–Trinajstić information content (AvgIpc) is 3.03. The summed E-state index contributed by atoms with van der Waals surface area (Å²) in [7, 11) is 0. The molecule has 0 radical (unpaired) electrons. The summed E-state index contributed by atoms with van der Waals surface area (Å²) in [6, 6.07) is 15.5. The molecule has 2 aromatic carbocycles. The predicted molar refractivity (Wildman–Crippen MR) is 99.0 cm³/mol.